The number of piperidine rings is 1. The predicted molar refractivity (Wildman–Crippen MR) is 163 cm³/mol. The summed E-state index contributed by atoms with van der Waals surface area (Å²) in [6, 6.07) is 16.6. The molecule has 2 aromatic carbocycles. The Morgan fingerprint density at radius 1 is 0.976 bits per heavy atom. The highest BCUT2D eigenvalue weighted by molar-refractivity contribution is 6.30. The van der Waals surface area contributed by atoms with Crippen LogP contribution in [0.15, 0.2) is 54.7 Å². The van der Waals surface area contributed by atoms with E-state index >= 15 is 0 Å². The van der Waals surface area contributed by atoms with Gasteiger partial charge in [-0.1, -0.05) is 48.0 Å². The van der Waals surface area contributed by atoms with E-state index in [9.17, 15) is 9.59 Å². The topological polar surface area (TPSA) is 69.6 Å². The van der Waals surface area contributed by atoms with Crippen molar-refractivity contribution >= 4 is 29.4 Å². The van der Waals surface area contributed by atoms with Crippen LogP contribution in [-0.4, -0.2) is 65.3 Å². The second kappa shape index (κ2) is 13.0. The average molecular weight is 574 g/mol. The zero-order valence-corrected chi connectivity index (χ0v) is 25.1. The molecule has 3 aromatic rings. The van der Waals surface area contributed by atoms with Gasteiger partial charge >= 0.3 is 0 Å². The van der Waals surface area contributed by atoms with E-state index in [1.165, 1.54) is 16.7 Å². The fraction of sp³-hybridized carbons (Fsp3) is 0.455. The van der Waals surface area contributed by atoms with Crippen LogP contribution in [-0.2, 0) is 17.6 Å². The summed E-state index contributed by atoms with van der Waals surface area (Å²) < 4.78 is 0. The summed E-state index contributed by atoms with van der Waals surface area (Å²) >= 11 is 6.15. The number of rotatable bonds is 8. The monoisotopic (exact) mass is 573 g/mol. The highest BCUT2D eigenvalue weighted by Gasteiger charge is 2.31. The molecule has 2 fully saturated rings. The fourth-order valence-corrected chi connectivity index (χ4v) is 6.16. The molecule has 8 heteroatoms. The Labute approximate surface area is 248 Å². The van der Waals surface area contributed by atoms with Gasteiger partial charge in [0.05, 0.1) is 17.3 Å². The minimum atomic E-state index is -0.00982. The van der Waals surface area contributed by atoms with Crippen molar-refractivity contribution in [3.8, 4) is 0 Å². The van der Waals surface area contributed by atoms with Crippen molar-refractivity contribution in [2.75, 3.05) is 38.6 Å². The van der Waals surface area contributed by atoms with Gasteiger partial charge in [-0.15, -0.1) is 0 Å². The Morgan fingerprint density at radius 2 is 1.71 bits per heavy atom. The second-order valence-corrected chi connectivity index (χ2v) is 12.0. The Morgan fingerprint density at radius 3 is 2.41 bits per heavy atom. The number of nitrogens with zero attached hydrogens (tertiary/aromatic N) is 5. The molecule has 1 aromatic heterocycles. The quantitative estimate of drug-likeness (QED) is 0.336. The van der Waals surface area contributed by atoms with Gasteiger partial charge in [0, 0.05) is 51.4 Å². The van der Waals surface area contributed by atoms with Gasteiger partial charge in [-0.2, -0.15) is 0 Å². The molecule has 0 N–H and O–H groups in total. The van der Waals surface area contributed by atoms with Crippen LogP contribution >= 0.6 is 11.6 Å². The lowest BCUT2D eigenvalue weighted by Gasteiger charge is -2.32. The Hall–Kier alpha value is -3.45. The lowest BCUT2D eigenvalue weighted by Crippen LogP contribution is -2.40. The second-order valence-electron chi connectivity index (χ2n) is 11.6. The molecule has 5 rings (SSSR count). The van der Waals surface area contributed by atoms with Crippen LogP contribution in [0.3, 0.4) is 0 Å². The van der Waals surface area contributed by atoms with Gasteiger partial charge < -0.3 is 14.7 Å². The van der Waals surface area contributed by atoms with Gasteiger partial charge in [0.15, 0.2) is 0 Å². The number of aromatic nitrogens is 2. The van der Waals surface area contributed by atoms with Crippen LogP contribution < -0.4 is 4.90 Å². The van der Waals surface area contributed by atoms with Gasteiger partial charge in [0.2, 0.25) is 11.9 Å². The Bertz CT molecular complexity index is 1370. The zero-order valence-electron chi connectivity index (χ0n) is 24.4. The number of benzene rings is 2. The SMILES string of the molecule is Cc1ccccc1CCc1nc(N2CCC[C@H]2c2ccc(Cl)cc2)ncc1C(=O)N1CCC(CC(=O)N(C)C)CC1. The van der Waals surface area contributed by atoms with Crippen molar-refractivity contribution in [2.24, 2.45) is 5.92 Å². The van der Waals surface area contributed by atoms with Crippen molar-refractivity contribution in [1.82, 2.24) is 19.8 Å². The largest absolute Gasteiger partial charge is 0.349 e. The molecule has 0 radical (unpaired) electrons. The molecule has 41 heavy (non-hydrogen) atoms. The summed E-state index contributed by atoms with van der Waals surface area (Å²) in [5, 5.41) is 0.726. The first-order chi connectivity index (χ1) is 19.8. The fourth-order valence-electron chi connectivity index (χ4n) is 6.04. The van der Waals surface area contributed by atoms with E-state index in [0.29, 0.717) is 43.4 Å². The van der Waals surface area contributed by atoms with Crippen molar-refractivity contribution < 1.29 is 9.59 Å². The predicted octanol–water partition coefficient (Wildman–Crippen LogP) is 5.90. The van der Waals surface area contributed by atoms with E-state index in [1.54, 1.807) is 25.2 Å². The number of likely N-dealkylation sites (tertiary alicyclic amines) is 1. The number of carbonyl (C=O) groups is 2. The third-order valence-corrected chi connectivity index (χ3v) is 8.86. The maximum Gasteiger partial charge on any atom is 0.257 e. The first-order valence-corrected chi connectivity index (χ1v) is 15.1. The Balaban J connectivity index is 1.38. The summed E-state index contributed by atoms with van der Waals surface area (Å²) in [6.07, 6.45) is 7.50. The first kappa shape index (κ1) is 29.1. The minimum absolute atomic E-state index is 0.00982. The van der Waals surface area contributed by atoms with E-state index in [0.717, 1.165) is 49.4 Å². The molecule has 3 heterocycles. The molecule has 7 nitrogen and oxygen atoms in total. The molecule has 0 saturated carbocycles. The summed E-state index contributed by atoms with van der Waals surface area (Å²) in [5.74, 6) is 1.13. The number of anilines is 1. The standard InChI is InChI=1S/C33H40ClN5O2/c1-23-7-4-5-8-25(23)12-15-29-28(32(41)38-19-16-24(17-20-38)21-31(40)37(2)3)22-35-33(36-29)39-18-6-9-30(39)26-10-13-27(34)14-11-26/h4-5,7-8,10-11,13-14,22,24,30H,6,9,12,15-21H2,1-3H3/t30-/m0/s1. The smallest absolute Gasteiger partial charge is 0.257 e. The number of carbonyl (C=O) groups excluding carboxylic acids is 2. The number of amides is 2. The normalized spacial score (nSPS) is 17.6. The van der Waals surface area contributed by atoms with E-state index in [-0.39, 0.29) is 17.9 Å². The molecule has 0 bridgehead atoms. The van der Waals surface area contributed by atoms with Crippen molar-refractivity contribution in [3.05, 3.63) is 87.7 Å². The maximum atomic E-state index is 13.8. The van der Waals surface area contributed by atoms with Crippen LogP contribution in [0.2, 0.25) is 5.02 Å². The lowest BCUT2D eigenvalue weighted by atomic mass is 9.92. The summed E-state index contributed by atoms with van der Waals surface area (Å²) in [4.78, 5) is 41.7. The molecule has 2 aliphatic heterocycles. The summed E-state index contributed by atoms with van der Waals surface area (Å²) in [6.45, 7) is 4.29. The van der Waals surface area contributed by atoms with E-state index in [1.807, 2.05) is 17.0 Å². The summed E-state index contributed by atoms with van der Waals surface area (Å²) in [7, 11) is 3.59. The number of hydrogen-bond acceptors (Lipinski definition) is 5. The van der Waals surface area contributed by atoms with E-state index < -0.39 is 0 Å². The molecular formula is C33H40ClN5O2. The highest BCUT2D eigenvalue weighted by atomic mass is 35.5. The van der Waals surface area contributed by atoms with Gasteiger partial charge in [-0.25, -0.2) is 9.97 Å². The molecule has 1 atom stereocenters. The van der Waals surface area contributed by atoms with Gasteiger partial charge in [-0.05, 0) is 80.2 Å². The van der Waals surface area contributed by atoms with Crippen molar-refractivity contribution in [1.29, 1.82) is 0 Å². The van der Waals surface area contributed by atoms with E-state index in [2.05, 4.69) is 48.2 Å². The first-order valence-electron chi connectivity index (χ1n) is 14.7. The van der Waals surface area contributed by atoms with Crippen LogP contribution in [0.25, 0.3) is 0 Å². The van der Waals surface area contributed by atoms with Crippen LogP contribution in [0, 0.1) is 12.8 Å². The average Bonchev–Trinajstić information content (AvgIpc) is 3.47. The van der Waals surface area contributed by atoms with E-state index in [4.69, 9.17) is 21.6 Å². The number of hydrogen-bond donors (Lipinski definition) is 0. The van der Waals surface area contributed by atoms with Crippen molar-refractivity contribution in [3.63, 3.8) is 0 Å². The third kappa shape index (κ3) is 6.89. The number of halogens is 1. The molecule has 0 spiro atoms. The molecule has 2 aliphatic rings. The van der Waals surface area contributed by atoms with Crippen LogP contribution in [0.4, 0.5) is 5.95 Å². The molecule has 216 valence electrons. The van der Waals surface area contributed by atoms with Gasteiger partial charge in [0.1, 0.15) is 0 Å². The molecule has 2 saturated heterocycles. The Kier molecular flexibility index (Phi) is 9.23. The molecule has 2 amide bonds. The molecule has 0 unspecified atom stereocenters. The lowest BCUT2D eigenvalue weighted by molar-refractivity contribution is -0.129. The summed E-state index contributed by atoms with van der Waals surface area (Å²) in [5.41, 5.74) is 5.10. The maximum absolute atomic E-state index is 13.8. The highest BCUT2D eigenvalue weighted by Crippen LogP contribution is 2.35. The zero-order chi connectivity index (χ0) is 28.9. The van der Waals surface area contributed by atoms with Crippen molar-refractivity contribution in [2.45, 2.75) is 57.9 Å². The molecule has 0 aliphatic carbocycles. The van der Waals surface area contributed by atoms with Gasteiger partial charge in [0.25, 0.3) is 5.91 Å². The van der Waals surface area contributed by atoms with Crippen LogP contribution in [0.1, 0.15) is 70.9 Å². The molecular weight excluding hydrogens is 534 g/mol. The van der Waals surface area contributed by atoms with Crippen LogP contribution in [0.5, 0.6) is 0 Å². The minimum Gasteiger partial charge on any atom is -0.349 e. The van der Waals surface area contributed by atoms with Gasteiger partial charge in [-0.3, -0.25) is 9.59 Å². The third-order valence-electron chi connectivity index (χ3n) is 8.61. The number of aryl methyl sites for hydroxylation is 3.